The van der Waals surface area contributed by atoms with E-state index in [0.29, 0.717) is 16.9 Å². The quantitative estimate of drug-likeness (QED) is 0.663. The zero-order chi connectivity index (χ0) is 18.9. The van der Waals surface area contributed by atoms with Crippen LogP contribution in [0.3, 0.4) is 0 Å². The molecule has 1 N–H and O–H groups in total. The fourth-order valence-electron chi connectivity index (χ4n) is 2.93. The van der Waals surface area contributed by atoms with Crippen molar-refractivity contribution in [3.05, 3.63) is 65.2 Å². The minimum absolute atomic E-state index is 0.307. The van der Waals surface area contributed by atoms with E-state index in [1.165, 1.54) is 7.11 Å². The molecule has 0 spiro atoms. The van der Waals surface area contributed by atoms with Crippen LogP contribution in [0.1, 0.15) is 28.4 Å². The number of imide groups is 1. The van der Waals surface area contributed by atoms with Crippen molar-refractivity contribution in [3.63, 3.8) is 0 Å². The van der Waals surface area contributed by atoms with E-state index in [0.717, 1.165) is 10.5 Å². The lowest BCUT2D eigenvalue weighted by atomic mass is 9.91. The zero-order valence-electron chi connectivity index (χ0n) is 14.9. The number of aryl methyl sites for hydroxylation is 1. The van der Waals surface area contributed by atoms with Crippen molar-refractivity contribution in [2.24, 2.45) is 0 Å². The molecule has 6 heteroatoms. The molecule has 3 amide bonds. The van der Waals surface area contributed by atoms with Crippen LogP contribution in [0.15, 0.2) is 48.5 Å². The monoisotopic (exact) mass is 352 g/mol. The topological polar surface area (TPSA) is 75.7 Å². The molecule has 0 radical (unpaired) electrons. The Morgan fingerprint density at radius 2 is 1.69 bits per heavy atom. The Kier molecular flexibility index (Phi) is 4.50. The number of carbonyl (C=O) groups excluding carboxylic acids is 3. The van der Waals surface area contributed by atoms with Gasteiger partial charge in [0, 0.05) is 5.56 Å². The number of hydrogen-bond acceptors (Lipinski definition) is 4. The zero-order valence-corrected chi connectivity index (χ0v) is 14.9. The smallest absolute Gasteiger partial charge is 0.325 e. The second-order valence-electron chi connectivity index (χ2n) is 6.46. The second-order valence-corrected chi connectivity index (χ2v) is 6.46. The van der Waals surface area contributed by atoms with Crippen LogP contribution in [0, 0.1) is 6.92 Å². The van der Waals surface area contributed by atoms with E-state index in [1.54, 1.807) is 31.2 Å². The van der Waals surface area contributed by atoms with Crippen LogP contribution in [-0.4, -0.2) is 36.3 Å². The van der Waals surface area contributed by atoms with Crippen LogP contribution in [0.2, 0.25) is 0 Å². The molecule has 26 heavy (non-hydrogen) atoms. The minimum atomic E-state index is -1.18. The van der Waals surface area contributed by atoms with Gasteiger partial charge in [-0.25, -0.2) is 4.79 Å². The SMILES string of the molecule is COc1ccc(C(=O)CN2C(=O)N[C@](C)(c3ccc(C)cc3)C2=O)cc1. The van der Waals surface area contributed by atoms with Gasteiger partial charge in [0.15, 0.2) is 5.78 Å². The van der Waals surface area contributed by atoms with E-state index in [1.807, 2.05) is 31.2 Å². The number of urea groups is 1. The Hall–Kier alpha value is -3.15. The van der Waals surface area contributed by atoms with Crippen molar-refractivity contribution >= 4 is 17.7 Å². The summed E-state index contributed by atoms with van der Waals surface area (Å²) in [5.41, 5.74) is 0.974. The fraction of sp³-hybridized carbons (Fsp3) is 0.250. The number of ether oxygens (including phenoxy) is 1. The summed E-state index contributed by atoms with van der Waals surface area (Å²) in [7, 11) is 1.54. The highest BCUT2D eigenvalue weighted by Gasteiger charge is 2.49. The maximum Gasteiger partial charge on any atom is 0.325 e. The van der Waals surface area contributed by atoms with Crippen molar-refractivity contribution in [1.82, 2.24) is 10.2 Å². The van der Waals surface area contributed by atoms with Crippen molar-refractivity contribution in [2.45, 2.75) is 19.4 Å². The molecule has 2 aromatic rings. The van der Waals surface area contributed by atoms with E-state index in [2.05, 4.69) is 5.32 Å². The molecule has 3 rings (SSSR count). The molecule has 1 saturated heterocycles. The summed E-state index contributed by atoms with van der Waals surface area (Å²) in [6.45, 7) is 3.29. The number of Topliss-reactive ketones (excluding diaryl/α,β-unsaturated/α-hetero) is 1. The number of benzene rings is 2. The first-order chi connectivity index (χ1) is 12.3. The third-order valence-electron chi connectivity index (χ3n) is 4.62. The van der Waals surface area contributed by atoms with Crippen molar-refractivity contribution in [3.8, 4) is 5.75 Å². The largest absolute Gasteiger partial charge is 0.497 e. The summed E-state index contributed by atoms with van der Waals surface area (Å²) in [5, 5.41) is 2.71. The summed E-state index contributed by atoms with van der Waals surface area (Å²) in [4.78, 5) is 38.6. The molecule has 0 unspecified atom stereocenters. The van der Waals surface area contributed by atoms with Crippen LogP contribution in [0.5, 0.6) is 5.75 Å². The molecule has 1 aliphatic heterocycles. The highest BCUT2D eigenvalue weighted by Crippen LogP contribution is 2.29. The number of amides is 3. The third-order valence-corrected chi connectivity index (χ3v) is 4.62. The molecule has 0 aromatic heterocycles. The molecule has 6 nitrogen and oxygen atoms in total. The summed E-state index contributed by atoms with van der Waals surface area (Å²) >= 11 is 0. The summed E-state index contributed by atoms with van der Waals surface area (Å²) in [6.07, 6.45) is 0. The van der Waals surface area contributed by atoms with Crippen LogP contribution in [-0.2, 0) is 10.3 Å². The van der Waals surface area contributed by atoms with Gasteiger partial charge in [0.1, 0.15) is 11.3 Å². The number of hydrogen-bond donors (Lipinski definition) is 1. The van der Waals surface area contributed by atoms with E-state index < -0.39 is 17.5 Å². The lowest BCUT2D eigenvalue weighted by Crippen LogP contribution is -2.41. The average molecular weight is 352 g/mol. The van der Waals surface area contributed by atoms with Crippen LogP contribution in [0.25, 0.3) is 0 Å². The molecule has 0 aliphatic carbocycles. The van der Waals surface area contributed by atoms with Gasteiger partial charge in [-0.3, -0.25) is 14.5 Å². The Morgan fingerprint density at radius 1 is 1.08 bits per heavy atom. The Morgan fingerprint density at radius 3 is 2.27 bits per heavy atom. The number of carbonyl (C=O) groups is 3. The van der Waals surface area contributed by atoms with Gasteiger partial charge in [0.05, 0.1) is 13.7 Å². The molecule has 1 atom stereocenters. The lowest BCUT2D eigenvalue weighted by Gasteiger charge is -2.22. The summed E-state index contributed by atoms with van der Waals surface area (Å²) in [6, 6.07) is 13.4. The van der Waals surface area contributed by atoms with Crippen molar-refractivity contribution in [1.29, 1.82) is 0 Å². The van der Waals surface area contributed by atoms with Gasteiger partial charge < -0.3 is 10.1 Å². The molecule has 1 fully saturated rings. The standard InChI is InChI=1S/C20H20N2O4/c1-13-4-8-15(9-5-13)20(2)18(24)22(19(25)21-20)12-17(23)14-6-10-16(26-3)11-7-14/h4-11H,12H2,1-3H3,(H,21,25)/t20-/m1/s1. The molecule has 0 saturated carbocycles. The predicted octanol–water partition coefficient (Wildman–Crippen LogP) is 2.65. The Labute approximate surface area is 151 Å². The minimum Gasteiger partial charge on any atom is -0.497 e. The maximum absolute atomic E-state index is 12.9. The molecule has 2 aromatic carbocycles. The molecular weight excluding hydrogens is 332 g/mol. The van der Waals surface area contributed by atoms with E-state index >= 15 is 0 Å². The highest BCUT2D eigenvalue weighted by molar-refractivity contribution is 6.11. The van der Waals surface area contributed by atoms with Crippen LogP contribution < -0.4 is 10.1 Å². The van der Waals surface area contributed by atoms with Crippen LogP contribution >= 0.6 is 0 Å². The average Bonchev–Trinajstić information content (AvgIpc) is 2.86. The highest BCUT2D eigenvalue weighted by atomic mass is 16.5. The van der Waals surface area contributed by atoms with Crippen molar-refractivity contribution in [2.75, 3.05) is 13.7 Å². The van der Waals surface area contributed by atoms with Gasteiger partial charge in [-0.15, -0.1) is 0 Å². The first-order valence-electron chi connectivity index (χ1n) is 8.23. The van der Waals surface area contributed by atoms with Gasteiger partial charge in [-0.1, -0.05) is 29.8 Å². The third kappa shape index (κ3) is 3.06. The van der Waals surface area contributed by atoms with Gasteiger partial charge in [0.25, 0.3) is 5.91 Å². The Bertz CT molecular complexity index is 858. The van der Waals surface area contributed by atoms with Gasteiger partial charge in [0.2, 0.25) is 0 Å². The normalized spacial score (nSPS) is 19.4. The second kappa shape index (κ2) is 6.63. The predicted molar refractivity (Wildman–Crippen MR) is 96.1 cm³/mol. The lowest BCUT2D eigenvalue weighted by molar-refractivity contribution is -0.130. The molecule has 1 aliphatic rings. The van der Waals surface area contributed by atoms with Gasteiger partial charge in [-0.05, 0) is 43.7 Å². The number of nitrogens with one attached hydrogen (secondary N) is 1. The van der Waals surface area contributed by atoms with Crippen molar-refractivity contribution < 1.29 is 19.1 Å². The molecule has 1 heterocycles. The maximum atomic E-state index is 12.9. The molecule has 0 bridgehead atoms. The molecule has 134 valence electrons. The van der Waals surface area contributed by atoms with Gasteiger partial charge >= 0.3 is 6.03 Å². The Balaban J connectivity index is 1.80. The summed E-state index contributed by atoms with van der Waals surface area (Å²) in [5.74, 6) is -0.124. The summed E-state index contributed by atoms with van der Waals surface area (Å²) < 4.78 is 5.06. The van der Waals surface area contributed by atoms with Gasteiger partial charge in [-0.2, -0.15) is 0 Å². The first-order valence-corrected chi connectivity index (χ1v) is 8.23. The molecular formula is C20H20N2O4. The van der Waals surface area contributed by atoms with E-state index in [-0.39, 0.29) is 12.3 Å². The fourth-order valence-corrected chi connectivity index (χ4v) is 2.93. The number of ketones is 1. The van der Waals surface area contributed by atoms with E-state index in [4.69, 9.17) is 4.74 Å². The van der Waals surface area contributed by atoms with E-state index in [9.17, 15) is 14.4 Å². The number of nitrogens with zero attached hydrogens (tertiary/aromatic N) is 1. The number of methoxy groups -OCH3 is 1. The number of rotatable bonds is 5. The first kappa shape index (κ1) is 17.7. The van der Waals surface area contributed by atoms with Crippen LogP contribution in [0.4, 0.5) is 4.79 Å².